The summed E-state index contributed by atoms with van der Waals surface area (Å²) in [5.41, 5.74) is 0. The van der Waals surface area contributed by atoms with Crippen LogP contribution in [0, 0.1) is 11.8 Å². The largest absolute Gasteiger partial charge is 0.466 e. The van der Waals surface area contributed by atoms with Crippen molar-refractivity contribution in [3.8, 4) is 0 Å². The molecule has 1 aromatic rings. The molecule has 0 spiro atoms. The summed E-state index contributed by atoms with van der Waals surface area (Å²) >= 11 is 3.54. The van der Waals surface area contributed by atoms with Gasteiger partial charge in [0.15, 0.2) is 0 Å². The lowest BCUT2D eigenvalue weighted by molar-refractivity contribution is 0.371. The number of nitrogens with one attached hydrogen (secondary N) is 1. The van der Waals surface area contributed by atoms with Crippen LogP contribution in [0.1, 0.15) is 38.5 Å². The van der Waals surface area contributed by atoms with E-state index >= 15 is 0 Å². The van der Waals surface area contributed by atoms with Crippen molar-refractivity contribution in [2.75, 3.05) is 6.54 Å². The summed E-state index contributed by atoms with van der Waals surface area (Å²) in [6.07, 6.45) is 4.23. The fourth-order valence-corrected chi connectivity index (χ4v) is 2.53. The minimum atomic E-state index is 0.393. The van der Waals surface area contributed by atoms with Crippen molar-refractivity contribution in [3.05, 3.63) is 22.6 Å². The van der Waals surface area contributed by atoms with Gasteiger partial charge in [-0.25, -0.2) is 0 Å². The van der Waals surface area contributed by atoms with Gasteiger partial charge in [0.2, 0.25) is 0 Å². The number of furan rings is 1. The number of hydrogen-bond acceptors (Lipinski definition) is 2. The molecule has 3 unspecified atom stereocenters. The molecule has 1 aliphatic rings. The molecular formula is C12H18BrNO. The maximum Gasteiger partial charge on any atom is 0.135 e. The predicted molar refractivity (Wildman–Crippen MR) is 64.7 cm³/mol. The summed E-state index contributed by atoms with van der Waals surface area (Å²) in [6, 6.07) is 2.37. The van der Waals surface area contributed by atoms with Gasteiger partial charge in [-0.1, -0.05) is 13.8 Å². The van der Waals surface area contributed by atoms with Crippen molar-refractivity contribution >= 4 is 15.9 Å². The molecule has 0 aromatic carbocycles. The van der Waals surface area contributed by atoms with Gasteiger partial charge in [0, 0.05) is 0 Å². The van der Waals surface area contributed by atoms with Crippen molar-refractivity contribution < 1.29 is 4.42 Å². The Labute approximate surface area is 99.6 Å². The number of halogens is 1. The number of rotatable bonds is 5. The van der Waals surface area contributed by atoms with E-state index < -0.39 is 0 Å². The molecule has 15 heavy (non-hydrogen) atoms. The zero-order valence-corrected chi connectivity index (χ0v) is 10.9. The van der Waals surface area contributed by atoms with Crippen LogP contribution in [-0.4, -0.2) is 6.54 Å². The molecule has 84 valence electrons. The van der Waals surface area contributed by atoms with E-state index in [1.54, 1.807) is 6.26 Å². The Morgan fingerprint density at radius 3 is 2.87 bits per heavy atom. The van der Waals surface area contributed by atoms with Crippen LogP contribution in [0.2, 0.25) is 0 Å². The van der Waals surface area contributed by atoms with Crippen molar-refractivity contribution in [2.45, 2.75) is 32.7 Å². The molecule has 1 fully saturated rings. The zero-order chi connectivity index (χ0) is 10.8. The van der Waals surface area contributed by atoms with E-state index in [-0.39, 0.29) is 0 Å². The number of hydrogen-bond donors (Lipinski definition) is 1. The summed E-state index contributed by atoms with van der Waals surface area (Å²) in [7, 11) is 0. The van der Waals surface area contributed by atoms with E-state index in [9.17, 15) is 0 Å². The third-order valence-corrected chi connectivity index (χ3v) is 3.80. The Morgan fingerprint density at radius 2 is 2.40 bits per heavy atom. The molecular weight excluding hydrogens is 254 g/mol. The van der Waals surface area contributed by atoms with Gasteiger partial charge in [0.1, 0.15) is 5.76 Å². The Morgan fingerprint density at radius 1 is 1.67 bits per heavy atom. The van der Waals surface area contributed by atoms with Gasteiger partial charge >= 0.3 is 0 Å². The topological polar surface area (TPSA) is 25.2 Å². The van der Waals surface area contributed by atoms with Crippen LogP contribution in [0.3, 0.4) is 0 Å². The van der Waals surface area contributed by atoms with E-state index in [2.05, 4.69) is 35.1 Å². The summed E-state index contributed by atoms with van der Waals surface area (Å²) in [5, 5.41) is 3.58. The second kappa shape index (κ2) is 4.71. The molecule has 1 saturated carbocycles. The highest BCUT2D eigenvalue weighted by molar-refractivity contribution is 9.10. The summed E-state index contributed by atoms with van der Waals surface area (Å²) in [5.74, 6) is 2.65. The maximum absolute atomic E-state index is 5.56. The Kier molecular flexibility index (Phi) is 3.52. The van der Waals surface area contributed by atoms with Gasteiger partial charge < -0.3 is 9.73 Å². The molecule has 2 rings (SSSR count). The Hall–Kier alpha value is -0.280. The highest BCUT2D eigenvalue weighted by Gasteiger charge is 2.41. The third-order valence-electron chi connectivity index (χ3n) is 3.14. The van der Waals surface area contributed by atoms with Crippen LogP contribution in [-0.2, 0) is 0 Å². The SMILES string of the molecule is CCCNC(c1occc1Br)C1CC1C. The minimum absolute atomic E-state index is 0.393. The molecule has 2 nitrogen and oxygen atoms in total. The van der Waals surface area contributed by atoms with Gasteiger partial charge in [0.25, 0.3) is 0 Å². The van der Waals surface area contributed by atoms with Crippen LogP contribution in [0.5, 0.6) is 0 Å². The quantitative estimate of drug-likeness (QED) is 0.883. The van der Waals surface area contributed by atoms with Gasteiger partial charge in [-0.15, -0.1) is 0 Å². The molecule has 3 atom stereocenters. The highest BCUT2D eigenvalue weighted by atomic mass is 79.9. The van der Waals surface area contributed by atoms with E-state index in [4.69, 9.17) is 4.42 Å². The lowest BCUT2D eigenvalue weighted by Gasteiger charge is -2.16. The first-order chi connectivity index (χ1) is 7.24. The smallest absolute Gasteiger partial charge is 0.135 e. The molecule has 0 radical (unpaired) electrons. The second-order valence-electron chi connectivity index (χ2n) is 4.44. The fourth-order valence-electron chi connectivity index (χ4n) is 2.08. The molecule has 1 aromatic heterocycles. The van der Waals surface area contributed by atoms with E-state index in [0.29, 0.717) is 6.04 Å². The molecule has 3 heteroatoms. The average molecular weight is 272 g/mol. The first kappa shape index (κ1) is 11.2. The highest BCUT2D eigenvalue weighted by Crippen LogP contribution is 2.48. The molecule has 0 saturated heterocycles. The van der Waals surface area contributed by atoms with Gasteiger partial charge in [0.05, 0.1) is 16.8 Å². The first-order valence-electron chi connectivity index (χ1n) is 5.70. The van der Waals surface area contributed by atoms with Crippen LogP contribution in [0.4, 0.5) is 0 Å². The van der Waals surface area contributed by atoms with E-state index in [1.165, 1.54) is 6.42 Å². The van der Waals surface area contributed by atoms with Crippen LogP contribution >= 0.6 is 15.9 Å². The van der Waals surface area contributed by atoms with Crippen LogP contribution in [0.25, 0.3) is 0 Å². The Balaban J connectivity index is 2.08. The van der Waals surface area contributed by atoms with Gasteiger partial charge in [-0.05, 0) is 53.2 Å². The summed E-state index contributed by atoms with van der Waals surface area (Å²) in [4.78, 5) is 0. The molecule has 0 aliphatic heterocycles. The maximum atomic E-state index is 5.56. The lowest BCUT2D eigenvalue weighted by Crippen LogP contribution is -2.24. The van der Waals surface area contributed by atoms with Crippen molar-refractivity contribution in [3.63, 3.8) is 0 Å². The summed E-state index contributed by atoms with van der Waals surface area (Å²) < 4.78 is 6.66. The molecule has 1 aliphatic carbocycles. The molecule has 1 N–H and O–H groups in total. The standard InChI is InChI=1S/C12H18BrNO/c1-3-5-14-11(9-7-8(9)2)12-10(13)4-6-15-12/h4,6,8-9,11,14H,3,5,7H2,1-2H3. The fraction of sp³-hybridized carbons (Fsp3) is 0.667. The van der Waals surface area contributed by atoms with Crippen molar-refractivity contribution in [1.82, 2.24) is 5.32 Å². The average Bonchev–Trinajstić information content (AvgIpc) is 2.77. The molecule has 0 amide bonds. The second-order valence-corrected chi connectivity index (χ2v) is 5.30. The molecule has 0 bridgehead atoms. The Bertz CT molecular complexity index is 323. The zero-order valence-electron chi connectivity index (χ0n) is 9.29. The summed E-state index contributed by atoms with van der Waals surface area (Å²) in [6.45, 7) is 5.56. The van der Waals surface area contributed by atoms with Crippen LogP contribution in [0.15, 0.2) is 21.2 Å². The van der Waals surface area contributed by atoms with Crippen molar-refractivity contribution in [2.24, 2.45) is 11.8 Å². The normalized spacial score (nSPS) is 26.6. The third kappa shape index (κ3) is 2.45. The lowest BCUT2D eigenvalue weighted by atomic mass is 10.1. The van der Waals surface area contributed by atoms with E-state index in [1.807, 2.05) is 6.07 Å². The van der Waals surface area contributed by atoms with Gasteiger partial charge in [-0.2, -0.15) is 0 Å². The van der Waals surface area contributed by atoms with Crippen LogP contribution < -0.4 is 5.32 Å². The van der Waals surface area contributed by atoms with Gasteiger partial charge in [-0.3, -0.25) is 0 Å². The monoisotopic (exact) mass is 271 g/mol. The predicted octanol–water partition coefficient (Wildman–Crippen LogP) is 3.74. The first-order valence-corrected chi connectivity index (χ1v) is 6.49. The minimum Gasteiger partial charge on any atom is -0.466 e. The van der Waals surface area contributed by atoms with Crippen molar-refractivity contribution in [1.29, 1.82) is 0 Å². The van der Waals surface area contributed by atoms with E-state index in [0.717, 1.165) is 35.0 Å². The molecule has 1 heterocycles.